The lowest BCUT2D eigenvalue weighted by molar-refractivity contribution is 0.356. The maximum Gasteiger partial charge on any atom is 0.148 e. The molecule has 0 amide bonds. The fourth-order valence-electron chi connectivity index (χ4n) is 2.46. The van der Waals surface area contributed by atoms with Crippen LogP contribution in [-0.4, -0.2) is 6.61 Å². The molecular formula is C21H28O. The molecule has 0 spiro atoms. The van der Waals surface area contributed by atoms with E-state index in [1.165, 1.54) is 35.1 Å². The lowest BCUT2D eigenvalue weighted by Gasteiger charge is -2.28. The van der Waals surface area contributed by atoms with E-state index in [-0.39, 0.29) is 10.8 Å². The average molecular weight is 296 g/mol. The van der Waals surface area contributed by atoms with E-state index in [1.54, 1.807) is 0 Å². The van der Waals surface area contributed by atoms with Crippen molar-refractivity contribution in [3.8, 4) is 18.1 Å². The zero-order chi connectivity index (χ0) is 16.5. The largest absolute Gasteiger partial charge is 0.480 e. The Labute approximate surface area is 135 Å². The molecule has 1 aromatic rings. The SMILES string of the molecule is C#CCOc1c(C=C2CC2)cc(C(C)(C)C)cc1C(C)(C)C. The molecule has 1 fully saturated rings. The molecule has 1 saturated carbocycles. The van der Waals surface area contributed by atoms with Crippen molar-refractivity contribution < 1.29 is 4.74 Å². The standard InChI is InChI=1S/C21H28O/c1-8-11-22-19-16(12-15-9-10-15)13-17(20(2,3)4)14-18(19)21(5,6)7/h1,12-14H,9-11H2,2-7H3. The fourth-order valence-corrected chi connectivity index (χ4v) is 2.46. The molecule has 1 nitrogen and oxygen atoms in total. The summed E-state index contributed by atoms with van der Waals surface area (Å²) in [6.07, 6.45) is 10.1. The van der Waals surface area contributed by atoms with E-state index in [4.69, 9.17) is 11.2 Å². The van der Waals surface area contributed by atoms with Crippen LogP contribution in [0, 0.1) is 12.3 Å². The Balaban J connectivity index is 2.66. The van der Waals surface area contributed by atoms with E-state index in [0.29, 0.717) is 6.61 Å². The maximum absolute atomic E-state index is 5.96. The molecule has 118 valence electrons. The van der Waals surface area contributed by atoms with E-state index in [0.717, 1.165) is 5.75 Å². The van der Waals surface area contributed by atoms with Gasteiger partial charge in [0.15, 0.2) is 0 Å². The van der Waals surface area contributed by atoms with Crippen molar-refractivity contribution in [2.45, 2.75) is 65.2 Å². The Bertz CT molecular complexity index is 622. The Morgan fingerprint density at radius 3 is 2.18 bits per heavy atom. The number of hydrogen-bond donors (Lipinski definition) is 0. The number of hydrogen-bond acceptors (Lipinski definition) is 1. The summed E-state index contributed by atoms with van der Waals surface area (Å²) in [6.45, 7) is 13.8. The number of ether oxygens (including phenoxy) is 1. The van der Waals surface area contributed by atoms with E-state index >= 15 is 0 Å². The van der Waals surface area contributed by atoms with Crippen molar-refractivity contribution in [3.05, 3.63) is 34.4 Å². The van der Waals surface area contributed by atoms with Gasteiger partial charge in [-0.3, -0.25) is 0 Å². The highest BCUT2D eigenvalue weighted by molar-refractivity contribution is 5.66. The van der Waals surface area contributed by atoms with Gasteiger partial charge < -0.3 is 4.74 Å². The molecular weight excluding hydrogens is 268 g/mol. The molecule has 0 bridgehead atoms. The van der Waals surface area contributed by atoms with Crippen LogP contribution in [0.15, 0.2) is 17.7 Å². The van der Waals surface area contributed by atoms with Crippen LogP contribution in [0.3, 0.4) is 0 Å². The third-order valence-electron chi connectivity index (χ3n) is 3.99. The lowest BCUT2D eigenvalue weighted by atomic mass is 9.79. The second-order valence-electron chi connectivity index (χ2n) is 8.24. The predicted molar refractivity (Wildman–Crippen MR) is 95.4 cm³/mol. The van der Waals surface area contributed by atoms with Crippen LogP contribution in [-0.2, 0) is 10.8 Å². The van der Waals surface area contributed by atoms with Gasteiger partial charge in [0, 0.05) is 11.1 Å². The highest BCUT2D eigenvalue weighted by atomic mass is 16.5. The fraction of sp³-hybridized carbons (Fsp3) is 0.524. The topological polar surface area (TPSA) is 9.23 Å². The van der Waals surface area contributed by atoms with Gasteiger partial charge in [0.05, 0.1) is 0 Å². The van der Waals surface area contributed by atoms with Crippen LogP contribution in [0.4, 0.5) is 0 Å². The van der Waals surface area contributed by atoms with Crippen molar-refractivity contribution in [1.29, 1.82) is 0 Å². The minimum atomic E-state index is 0.0159. The quantitative estimate of drug-likeness (QED) is 0.672. The van der Waals surface area contributed by atoms with E-state index < -0.39 is 0 Å². The second-order valence-corrected chi connectivity index (χ2v) is 8.24. The van der Waals surface area contributed by atoms with Gasteiger partial charge in [-0.25, -0.2) is 0 Å². The molecule has 1 aliphatic carbocycles. The van der Waals surface area contributed by atoms with Crippen molar-refractivity contribution >= 4 is 6.08 Å². The molecule has 0 heterocycles. The van der Waals surface area contributed by atoms with Gasteiger partial charge in [0.25, 0.3) is 0 Å². The zero-order valence-corrected chi connectivity index (χ0v) is 14.8. The lowest BCUT2D eigenvalue weighted by Crippen LogP contribution is -2.18. The van der Waals surface area contributed by atoms with Crippen LogP contribution in [0.2, 0.25) is 0 Å². The van der Waals surface area contributed by atoms with Gasteiger partial charge in [0.2, 0.25) is 0 Å². The summed E-state index contributed by atoms with van der Waals surface area (Å²) < 4.78 is 5.96. The molecule has 22 heavy (non-hydrogen) atoms. The third kappa shape index (κ3) is 3.95. The monoisotopic (exact) mass is 296 g/mol. The molecule has 1 heteroatoms. The normalized spacial score (nSPS) is 14.5. The highest BCUT2D eigenvalue weighted by Gasteiger charge is 2.26. The highest BCUT2D eigenvalue weighted by Crippen LogP contribution is 2.41. The summed E-state index contributed by atoms with van der Waals surface area (Å²) in [5.41, 5.74) is 5.39. The number of terminal acetylenes is 1. The first-order valence-corrected chi connectivity index (χ1v) is 8.07. The first-order valence-electron chi connectivity index (χ1n) is 8.07. The molecule has 0 N–H and O–H groups in total. The van der Waals surface area contributed by atoms with Crippen molar-refractivity contribution in [2.24, 2.45) is 0 Å². The molecule has 0 aliphatic heterocycles. The number of benzene rings is 1. The molecule has 1 aromatic carbocycles. The molecule has 0 atom stereocenters. The average Bonchev–Trinajstić information content (AvgIpc) is 3.18. The maximum atomic E-state index is 5.96. The van der Waals surface area contributed by atoms with Gasteiger partial charge in [-0.2, -0.15) is 0 Å². The molecule has 0 saturated heterocycles. The van der Waals surface area contributed by atoms with E-state index in [2.05, 4.69) is 65.7 Å². The summed E-state index contributed by atoms with van der Waals surface area (Å²) in [6, 6.07) is 4.56. The van der Waals surface area contributed by atoms with Crippen LogP contribution in [0.5, 0.6) is 5.75 Å². The van der Waals surface area contributed by atoms with Crippen molar-refractivity contribution in [2.75, 3.05) is 6.61 Å². The molecule has 1 aliphatic rings. The van der Waals surface area contributed by atoms with Crippen LogP contribution in [0.25, 0.3) is 6.08 Å². The number of allylic oxidation sites excluding steroid dienone is 1. The third-order valence-corrected chi connectivity index (χ3v) is 3.99. The zero-order valence-electron chi connectivity index (χ0n) is 14.8. The van der Waals surface area contributed by atoms with Gasteiger partial charge in [-0.05, 0) is 35.3 Å². The minimum Gasteiger partial charge on any atom is -0.480 e. The first-order chi connectivity index (χ1) is 10.1. The van der Waals surface area contributed by atoms with Crippen molar-refractivity contribution in [3.63, 3.8) is 0 Å². The summed E-state index contributed by atoms with van der Waals surface area (Å²) in [5.74, 6) is 3.55. The Kier molecular flexibility index (Phi) is 4.43. The summed E-state index contributed by atoms with van der Waals surface area (Å²) in [4.78, 5) is 0. The van der Waals surface area contributed by atoms with Crippen molar-refractivity contribution in [1.82, 2.24) is 0 Å². The summed E-state index contributed by atoms with van der Waals surface area (Å²) in [5, 5.41) is 0. The Hall–Kier alpha value is -1.68. The summed E-state index contributed by atoms with van der Waals surface area (Å²) >= 11 is 0. The smallest absolute Gasteiger partial charge is 0.148 e. The number of rotatable bonds is 3. The molecule has 0 radical (unpaired) electrons. The van der Waals surface area contributed by atoms with Crippen LogP contribution in [0.1, 0.15) is 71.1 Å². The molecule has 0 unspecified atom stereocenters. The van der Waals surface area contributed by atoms with E-state index in [1.807, 2.05) is 0 Å². The Morgan fingerprint density at radius 2 is 1.73 bits per heavy atom. The first kappa shape index (κ1) is 16.7. The Morgan fingerprint density at radius 1 is 1.09 bits per heavy atom. The van der Waals surface area contributed by atoms with Gasteiger partial charge >= 0.3 is 0 Å². The van der Waals surface area contributed by atoms with Gasteiger partial charge in [-0.1, -0.05) is 65.2 Å². The van der Waals surface area contributed by atoms with Gasteiger partial charge in [0.1, 0.15) is 12.4 Å². The van der Waals surface area contributed by atoms with Crippen LogP contribution < -0.4 is 4.74 Å². The molecule has 2 rings (SSSR count). The summed E-state index contributed by atoms with van der Waals surface area (Å²) in [7, 11) is 0. The van der Waals surface area contributed by atoms with Crippen LogP contribution >= 0.6 is 0 Å². The second kappa shape index (κ2) is 5.84. The molecule has 0 aromatic heterocycles. The van der Waals surface area contributed by atoms with E-state index in [9.17, 15) is 0 Å². The predicted octanol–water partition coefficient (Wildman–Crippen LogP) is 5.47. The van der Waals surface area contributed by atoms with Gasteiger partial charge in [-0.15, -0.1) is 6.42 Å². The minimum absolute atomic E-state index is 0.0159.